The van der Waals surface area contributed by atoms with E-state index in [0.717, 1.165) is 18.6 Å². The zero-order valence-corrected chi connectivity index (χ0v) is 12.4. The van der Waals surface area contributed by atoms with Crippen molar-refractivity contribution in [3.05, 3.63) is 30.3 Å². The van der Waals surface area contributed by atoms with Crippen molar-refractivity contribution in [3.63, 3.8) is 0 Å². The first-order chi connectivity index (χ1) is 8.86. The molecule has 0 saturated carbocycles. The zero-order chi connectivity index (χ0) is 13.9. The minimum atomic E-state index is 0.110. The van der Waals surface area contributed by atoms with Crippen LogP contribution in [0.1, 0.15) is 40.5 Å². The summed E-state index contributed by atoms with van der Waals surface area (Å²) in [4.78, 5) is 0. The SMILES string of the molecule is CC1(C)CC(OCOc2ccccc2)CC(C)(C)N1. The molecule has 106 valence electrons. The molecule has 1 aliphatic rings. The second kappa shape index (κ2) is 5.51. The van der Waals surface area contributed by atoms with Crippen LogP contribution in [0.15, 0.2) is 30.3 Å². The van der Waals surface area contributed by atoms with Crippen molar-refractivity contribution in [2.75, 3.05) is 6.79 Å². The van der Waals surface area contributed by atoms with Crippen LogP contribution in [0.4, 0.5) is 0 Å². The summed E-state index contributed by atoms with van der Waals surface area (Å²) >= 11 is 0. The Morgan fingerprint density at radius 1 is 1.05 bits per heavy atom. The van der Waals surface area contributed by atoms with Crippen molar-refractivity contribution in [3.8, 4) is 5.75 Å². The van der Waals surface area contributed by atoms with Crippen LogP contribution < -0.4 is 10.1 Å². The van der Waals surface area contributed by atoms with Gasteiger partial charge < -0.3 is 14.8 Å². The van der Waals surface area contributed by atoms with Gasteiger partial charge in [-0.15, -0.1) is 0 Å². The van der Waals surface area contributed by atoms with Gasteiger partial charge >= 0.3 is 0 Å². The number of hydrogen-bond acceptors (Lipinski definition) is 3. The molecule has 1 aromatic rings. The Kier molecular flexibility index (Phi) is 4.16. The summed E-state index contributed by atoms with van der Waals surface area (Å²) in [6.45, 7) is 9.22. The molecule has 1 aliphatic heterocycles. The second-order valence-corrected chi connectivity index (χ2v) is 6.66. The van der Waals surface area contributed by atoms with E-state index in [1.807, 2.05) is 30.3 Å². The first kappa shape index (κ1) is 14.4. The molecule has 0 unspecified atom stereocenters. The van der Waals surface area contributed by atoms with Gasteiger partial charge in [-0.05, 0) is 52.7 Å². The molecular formula is C16H25NO2. The highest BCUT2D eigenvalue weighted by Crippen LogP contribution is 2.30. The van der Waals surface area contributed by atoms with Gasteiger partial charge in [-0.25, -0.2) is 0 Å². The van der Waals surface area contributed by atoms with Gasteiger partial charge in [0.2, 0.25) is 0 Å². The van der Waals surface area contributed by atoms with Crippen LogP contribution in [0.3, 0.4) is 0 Å². The first-order valence-corrected chi connectivity index (χ1v) is 6.95. The zero-order valence-electron chi connectivity index (χ0n) is 12.4. The van der Waals surface area contributed by atoms with E-state index in [4.69, 9.17) is 9.47 Å². The van der Waals surface area contributed by atoms with E-state index in [9.17, 15) is 0 Å². The van der Waals surface area contributed by atoms with Crippen molar-refractivity contribution < 1.29 is 9.47 Å². The van der Waals surface area contributed by atoms with Crippen molar-refractivity contribution in [2.45, 2.75) is 57.7 Å². The molecule has 0 radical (unpaired) electrons. The fraction of sp³-hybridized carbons (Fsp3) is 0.625. The van der Waals surface area contributed by atoms with E-state index >= 15 is 0 Å². The summed E-state index contributed by atoms with van der Waals surface area (Å²) in [5, 5.41) is 3.65. The number of hydrogen-bond donors (Lipinski definition) is 1. The van der Waals surface area contributed by atoms with Gasteiger partial charge in [-0.2, -0.15) is 0 Å². The Morgan fingerprint density at radius 3 is 2.21 bits per heavy atom. The highest BCUT2D eigenvalue weighted by atomic mass is 16.7. The Balaban J connectivity index is 1.82. The summed E-state index contributed by atoms with van der Waals surface area (Å²) < 4.78 is 11.5. The number of para-hydroxylation sites is 1. The van der Waals surface area contributed by atoms with Gasteiger partial charge in [0, 0.05) is 11.1 Å². The van der Waals surface area contributed by atoms with Crippen LogP contribution in [-0.2, 0) is 4.74 Å². The number of benzene rings is 1. The van der Waals surface area contributed by atoms with Gasteiger partial charge in [0.1, 0.15) is 5.75 Å². The minimum Gasteiger partial charge on any atom is -0.468 e. The molecule has 1 fully saturated rings. The van der Waals surface area contributed by atoms with E-state index in [1.54, 1.807) is 0 Å². The normalized spacial score (nSPS) is 22.1. The summed E-state index contributed by atoms with van der Waals surface area (Å²) in [5.41, 5.74) is 0.221. The molecule has 3 heteroatoms. The van der Waals surface area contributed by atoms with Crippen molar-refractivity contribution in [1.82, 2.24) is 5.32 Å². The highest BCUT2D eigenvalue weighted by Gasteiger charge is 2.38. The lowest BCUT2D eigenvalue weighted by molar-refractivity contribution is -0.0770. The van der Waals surface area contributed by atoms with E-state index in [-0.39, 0.29) is 17.2 Å². The van der Waals surface area contributed by atoms with Gasteiger partial charge in [0.15, 0.2) is 6.79 Å². The summed E-state index contributed by atoms with van der Waals surface area (Å²) in [6, 6.07) is 9.79. The molecule has 0 atom stereocenters. The smallest absolute Gasteiger partial charge is 0.189 e. The summed E-state index contributed by atoms with van der Waals surface area (Å²) in [6.07, 6.45) is 2.26. The molecule has 0 aliphatic carbocycles. The number of rotatable bonds is 4. The molecule has 0 amide bonds. The molecule has 1 saturated heterocycles. The molecular weight excluding hydrogens is 238 g/mol. The standard InChI is InChI=1S/C16H25NO2/c1-15(2)10-14(11-16(3,4)17-15)19-12-18-13-8-6-5-7-9-13/h5-9,14,17H,10-12H2,1-4H3. The number of nitrogens with one attached hydrogen (secondary N) is 1. The van der Waals surface area contributed by atoms with E-state index in [0.29, 0.717) is 6.79 Å². The molecule has 0 spiro atoms. The Labute approximate surface area is 116 Å². The van der Waals surface area contributed by atoms with Crippen LogP contribution in [0.25, 0.3) is 0 Å². The third kappa shape index (κ3) is 4.51. The fourth-order valence-electron chi connectivity index (χ4n) is 3.06. The molecule has 1 aromatic carbocycles. The maximum Gasteiger partial charge on any atom is 0.189 e. The quantitative estimate of drug-likeness (QED) is 0.845. The molecule has 19 heavy (non-hydrogen) atoms. The highest BCUT2D eigenvalue weighted by molar-refractivity contribution is 5.20. The third-order valence-electron chi connectivity index (χ3n) is 3.43. The Morgan fingerprint density at radius 2 is 1.63 bits per heavy atom. The molecule has 0 bridgehead atoms. The predicted octanol–water partition coefficient (Wildman–Crippen LogP) is 3.35. The Hall–Kier alpha value is -1.06. The average Bonchev–Trinajstić information content (AvgIpc) is 2.26. The van der Waals surface area contributed by atoms with Crippen LogP contribution in [-0.4, -0.2) is 24.0 Å². The second-order valence-electron chi connectivity index (χ2n) is 6.66. The monoisotopic (exact) mass is 263 g/mol. The maximum absolute atomic E-state index is 5.90. The largest absolute Gasteiger partial charge is 0.468 e. The molecule has 1 heterocycles. The van der Waals surface area contributed by atoms with Crippen LogP contribution >= 0.6 is 0 Å². The van der Waals surface area contributed by atoms with Crippen LogP contribution in [0.5, 0.6) is 5.75 Å². The maximum atomic E-state index is 5.90. The van der Waals surface area contributed by atoms with Crippen LogP contribution in [0.2, 0.25) is 0 Å². The van der Waals surface area contributed by atoms with Crippen molar-refractivity contribution in [1.29, 1.82) is 0 Å². The van der Waals surface area contributed by atoms with Gasteiger partial charge in [0.05, 0.1) is 6.10 Å². The Bertz CT molecular complexity index is 384. The van der Waals surface area contributed by atoms with E-state index in [1.165, 1.54) is 0 Å². The van der Waals surface area contributed by atoms with Gasteiger partial charge in [-0.3, -0.25) is 0 Å². The summed E-state index contributed by atoms with van der Waals surface area (Å²) in [7, 11) is 0. The molecule has 1 N–H and O–H groups in total. The van der Waals surface area contributed by atoms with Crippen molar-refractivity contribution >= 4 is 0 Å². The number of ether oxygens (including phenoxy) is 2. The van der Waals surface area contributed by atoms with Crippen molar-refractivity contribution in [2.24, 2.45) is 0 Å². The molecule has 0 aromatic heterocycles. The minimum absolute atomic E-state index is 0.110. The molecule has 2 rings (SSSR count). The van der Waals surface area contributed by atoms with Gasteiger partial charge in [-0.1, -0.05) is 18.2 Å². The lowest BCUT2D eigenvalue weighted by Gasteiger charge is -2.46. The predicted molar refractivity (Wildman–Crippen MR) is 77.3 cm³/mol. The average molecular weight is 263 g/mol. The lowest BCUT2D eigenvalue weighted by Crippen LogP contribution is -2.59. The van der Waals surface area contributed by atoms with Crippen LogP contribution in [0, 0.1) is 0 Å². The first-order valence-electron chi connectivity index (χ1n) is 6.95. The van der Waals surface area contributed by atoms with Gasteiger partial charge in [0.25, 0.3) is 0 Å². The number of piperidine rings is 1. The fourth-order valence-corrected chi connectivity index (χ4v) is 3.06. The van der Waals surface area contributed by atoms with E-state index < -0.39 is 0 Å². The van der Waals surface area contributed by atoms with E-state index in [2.05, 4.69) is 33.0 Å². The lowest BCUT2D eigenvalue weighted by atomic mass is 9.81. The summed E-state index contributed by atoms with van der Waals surface area (Å²) in [5.74, 6) is 0.856. The third-order valence-corrected chi connectivity index (χ3v) is 3.43. The topological polar surface area (TPSA) is 30.5 Å². The molecule has 3 nitrogen and oxygen atoms in total.